The van der Waals surface area contributed by atoms with Crippen LogP contribution in [0.25, 0.3) is 0 Å². The van der Waals surface area contributed by atoms with Crippen molar-refractivity contribution in [3.8, 4) is 6.07 Å². The molecule has 4 amide bonds. The van der Waals surface area contributed by atoms with Crippen LogP contribution in [0, 0.1) is 31.1 Å². The molecule has 8 aromatic rings. The number of halogens is 12. The first-order valence-electron chi connectivity index (χ1n) is 50.9. The molecule has 1 saturated carbocycles. The van der Waals surface area contributed by atoms with Gasteiger partial charge < -0.3 is 96.3 Å². The van der Waals surface area contributed by atoms with E-state index >= 15 is 0 Å². The Bertz CT molecular complexity index is 5730. The lowest BCUT2D eigenvalue weighted by molar-refractivity contribution is -0.138. The topological polar surface area (TPSA) is 320 Å². The van der Waals surface area contributed by atoms with E-state index in [9.17, 15) is 77.1 Å². The fourth-order valence-electron chi connectivity index (χ4n) is 18.8. The van der Waals surface area contributed by atoms with Crippen LogP contribution in [-0.2, 0) is 55.0 Å². The number of aryl methyl sites for hydroxylation is 3. The van der Waals surface area contributed by atoms with Gasteiger partial charge >= 0.3 is 24.7 Å². The van der Waals surface area contributed by atoms with Gasteiger partial charge in [-0.05, 0) is 207 Å². The number of morpholine rings is 1. The molecule has 31 nitrogen and oxygen atoms in total. The second kappa shape index (κ2) is 51.1. The number of ether oxygens (including phenoxy) is 1. The molecule has 43 heteroatoms. The van der Waals surface area contributed by atoms with Crippen molar-refractivity contribution in [3.63, 3.8) is 0 Å². The number of hydrogen-bond donors (Lipinski definition) is 8. The molecule has 146 heavy (non-hydrogen) atoms. The third kappa shape index (κ3) is 31.2. The van der Waals surface area contributed by atoms with Gasteiger partial charge in [-0.1, -0.05) is 6.92 Å². The number of nitriles is 1. The molecular weight excluding hydrogens is 1910 g/mol. The maximum absolute atomic E-state index is 13.7. The average Bonchev–Trinajstić information content (AvgIpc) is 1.48. The van der Waals surface area contributed by atoms with Gasteiger partial charge in [0.05, 0.1) is 82.7 Å². The summed E-state index contributed by atoms with van der Waals surface area (Å²) in [6.45, 7) is 24.1. The molecule has 14 heterocycles. The number of alkyl halides is 12. The van der Waals surface area contributed by atoms with E-state index in [1.807, 2.05) is 57.2 Å². The molecule has 6 aromatic heterocycles. The zero-order valence-electron chi connectivity index (χ0n) is 83.6. The van der Waals surface area contributed by atoms with Crippen LogP contribution < -0.4 is 62.1 Å². The van der Waals surface area contributed by atoms with Crippen LogP contribution >= 0.6 is 0 Å². The average molecular weight is 2040 g/mol. The fraction of sp³-hybridized carbons (Fsp3) is 0.553. The third-order valence-corrected chi connectivity index (χ3v) is 27.6. The fourth-order valence-corrected chi connectivity index (χ4v) is 18.8. The summed E-state index contributed by atoms with van der Waals surface area (Å²) in [4.78, 5) is 97.7. The summed E-state index contributed by atoms with van der Waals surface area (Å²) in [5.41, 5.74) is 5.75. The summed E-state index contributed by atoms with van der Waals surface area (Å²) in [5.74, 6) is 3.43. The van der Waals surface area contributed by atoms with Crippen molar-refractivity contribution >= 4 is 116 Å². The van der Waals surface area contributed by atoms with Crippen LogP contribution in [0.4, 0.5) is 145 Å². The molecule has 2 aromatic carbocycles. The highest BCUT2D eigenvalue weighted by Gasteiger charge is 2.40. The van der Waals surface area contributed by atoms with Crippen molar-refractivity contribution in [3.05, 3.63) is 148 Å². The molecule has 1 aliphatic carbocycles. The highest BCUT2D eigenvalue weighted by molar-refractivity contribution is 5.79. The number of benzene rings is 2. The number of carbonyl (C=O) groups excluding carboxylic acids is 4. The third-order valence-electron chi connectivity index (χ3n) is 27.6. The van der Waals surface area contributed by atoms with Crippen molar-refractivity contribution in [2.45, 2.75) is 180 Å². The van der Waals surface area contributed by atoms with Crippen LogP contribution in [0.2, 0.25) is 0 Å². The highest BCUT2D eigenvalue weighted by Crippen LogP contribution is 2.47. The van der Waals surface area contributed by atoms with E-state index in [4.69, 9.17) is 4.74 Å². The predicted molar refractivity (Wildman–Crippen MR) is 543 cm³/mol. The number of piperidine rings is 4. The molecule has 0 bridgehead atoms. The molecule has 0 radical (unpaired) electrons. The first-order chi connectivity index (χ1) is 70.1. The number of pyridine rings is 5. The first-order valence-corrected chi connectivity index (χ1v) is 50.9. The Morgan fingerprint density at radius 1 is 0.390 bits per heavy atom. The molecule has 790 valence electrons. The Hall–Kier alpha value is -12.7. The zero-order chi connectivity index (χ0) is 104. The standard InChI is InChI=1S/C28H37F3N6O.C26H32F3N7O.C25H34F3N7O.C24H31F3N6O2/c1-35-13-15-36(16-14-35)21-8-9-24(22(17-21)20-6-7-20)34-26-18-25(23(19-33-26)28(29,30)31)32-10-4-12-37-11-3-2-5-27(37)38;1-2-19-14-20(36-13-9-18(15-30)17-36)7-8-22(19)33-25-32-16-21(26(27,28)29)24(34-25)31-10-5-12-35-11-4-3-6-23(35)37;1-18-14-23(34-12-10-33(2)11-13-34)31-17-21(18)32-22-15-20(19(16-30-22)25(26,27)28)29-7-5-9-35-8-4-3-6-24(35)36;1-17-13-22(32-9-11-35-12-10-32)30-16-20(17)31-21-14-19(18(15-29-21)24(25,26)27)28-6-4-8-33-7-3-2-5-23(33)34/h8-9,17-20H,2-7,10-16H2,1H3,(H2,32,33,34);7-8,14,16,18H,2-6,9-13,17H2,1H3,(H2,31,32,33,34);14-17H,3-13H2,1-2H3,(H2,29,30,32);13-16H,2-12H2,1H3,(H2,28,29,31)/t;18-;;/m.0../s1. The minimum absolute atomic E-state index is 0.00185. The van der Waals surface area contributed by atoms with E-state index in [-0.39, 0.29) is 70.7 Å². The monoisotopic (exact) mass is 2040 g/mol. The molecule has 8 aliphatic heterocycles. The number of carbonyl (C=O) groups is 4. The number of rotatable bonds is 34. The van der Waals surface area contributed by atoms with E-state index in [2.05, 4.69) is 139 Å². The summed E-state index contributed by atoms with van der Waals surface area (Å²) >= 11 is 0. The summed E-state index contributed by atoms with van der Waals surface area (Å²) < 4.78 is 169. The minimum atomic E-state index is -4.60. The maximum Gasteiger partial charge on any atom is 0.421 e. The van der Waals surface area contributed by atoms with Crippen molar-refractivity contribution in [2.24, 2.45) is 5.92 Å². The Labute approximate surface area is 844 Å². The number of likely N-dealkylation sites (tertiary alicyclic amines) is 4. The second-order valence-electron chi connectivity index (χ2n) is 38.5. The molecular formula is C103H134F12N26O5. The molecule has 1 atom stereocenters. The second-order valence-corrected chi connectivity index (χ2v) is 38.5. The number of piperazine rings is 2. The van der Waals surface area contributed by atoms with Crippen molar-refractivity contribution < 1.29 is 76.6 Å². The lowest BCUT2D eigenvalue weighted by atomic mass is 10.1. The number of nitrogens with one attached hydrogen (secondary N) is 8. The van der Waals surface area contributed by atoms with Gasteiger partial charge in [0.2, 0.25) is 29.6 Å². The number of amides is 4. The summed E-state index contributed by atoms with van der Waals surface area (Å²) in [6.07, 6.45) is 4.23. The normalized spacial score (nSPS) is 17.9. The Kier molecular flexibility index (Phi) is 38.1. The molecule has 9 fully saturated rings. The Morgan fingerprint density at radius 3 is 1.17 bits per heavy atom. The predicted octanol–water partition coefficient (Wildman–Crippen LogP) is 18.6. The minimum Gasteiger partial charge on any atom is -0.384 e. The Morgan fingerprint density at radius 2 is 0.781 bits per heavy atom. The molecule has 0 spiro atoms. The maximum atomic E-state index is 13.7. The van der Waals surface area contributed by atoms with Crippen LogP contribution in [0.15, 0.2) is 104 Å². The van der Waals surface area contributed by atoms with E-state index in [1.165, 1.54) is 29.4 Å². The van der Waals surface area contributed by atoms with Crippen molar-refractivity contribution in [1.82, 2.24) is 64.3 Å². The number of likely N-dealkylation sites (N-methyl/N-ethyl adjacent to an activating group) is 2. The smallest absolute Gasteiger partial charge is 0.384 e. The first kappa shape index (κ1) is 109. The van der Waals surface area contributed by atoms with Gasteiger partial charge in [0, 0.05) is 248 Å². The van der Waals surface area contributed by atoms with E-state index in [0.29, 0.717) is 165 Å². The van der Waals surface area contributed by atoms with Gasteiger partial charge in [-0.3, -0.25) is 19.2 Å². The summed E-state index contributed by atoms with van der Waals surface area (Å²) in [6, 6.07) is 22.6. The molecule has 8 saturated heterocycles. The largest absolute Gasteiger partial charge is 0.421 e. The van der Waals surface area contributed by atoms with Crippen LogP contribution in [-0.4, -0.2) is 272 Å². The van der Waals surface area contributed by atoms with Crippen LogP contribution in [0.1, 0.15) is 179 Å². The van der Waals surface area contributed by atoms with Gasteiger partial charge in [-0.25, -0.2) is 29.9 Å². The van der Waals surface area contributed by atoms with E-state index in [1.54, 1.807) is 32.0 Å². The van der Waals surface area contributed by atoms with Gasteiger partial charge in [0.1, 0.15) is 40.5 Å². The molecule has 17 rings (SSSR count). The lowest BCUT2D eigenvalue weighted by Gasteiger charge is -2.34. The molecule has 0 unspecified atom stereocenters. The molecule has 9 aliphatic rings. The van der Waals surface area contributed by atoms with Crippen molar-refractivity contribution in [1.29, 1.82) is 5.26 Å². The van der Waals surface area contributed by atoms with E-state index < -0.39 is 47.0 Å². The zero-order valence-corrected chi connectivity index (χ0v) is 83.6. The quantitative estimate of drug-likeness (QED) is 0.0137. The van der Waals surface area contributed by atoms with Gasteiger partial charge in [-0.2, -0.15) is 62.9 Å². The Balaban J connectivity index is 0.000000154. The van der Waals surface area contributed by atoms with E-state index in [0.717, 1.165) is 226 Å². The van der Waals surface area contributed by atoms with Crippen molar-refractivity contribution in [2.75, 3.05) is 247 Å². The summed E-state index contributed by atoms with van der Waals surface area (Å²) in [7, 11) is 4.23. The highest BCUT2D eigenvalue weighted by atomic mass is 19.4. The number of hydrogen-bond acceptors (Lipinski definition) is 27. The lowest BCUT2D eigenvalue weighted by Crippen LogP contribution is -2.44. The van der Waals surface area contributed by atoms with Gasteiger partial charge in [0.25, 0.3) is 0 Å². The SMILES string of the molecule is CCc1cc(N2CC[C@@H](C#N)C2)ccc1Nc1ncc(C(F)(F)F)c(NCCCN2CCCCC2=O)n1.CN1CCN(c2ccc(Nc3cc(NCCCN4CCCCC4=O)c(C(F)(F)F)cn3)c(C3CC3)c2)CC1.Cc1cc(N2CCN(C)CC2)ncc1Nc1cc(NCCCN2CCCCC2=O)c(C(F)(F)F)cn1.Cc1cc(N2CCOCC2)ncc1Nc1cc(NCCCN2CCCCC2=O)c(C(F)(F)F)cn1. The molecule has 8 N–H and O–H groups in total. The number of aromatic nitrogens is 7. The van der Waals surface area contributed by atoms with Crippen LogP contribution in [0.5, 0.6) is 0 Å². The number of anilines is 16. The van der Waals surface area contributed by atoms with Gasteiger partial charge in [-0.15, -0.1) is 0 Å². The van der Waals surface area contributed by atoms with Gasteiger partial charge in [0.15, 0.2) is 0 Å². The number of nitrogens with zero attached hydrogens (tertiary/aromatic N) is 18. The summed E-state index contributed by atoms with van der Waals surface area (Å²) in [5, 5.41) is 33.3. The van der Waals surface area contributed by atoms with Crippen LogP contribution in [0.3, 0.4) is 0 Å².